The van der Waals surface area contributed by atoms with Gasteiger partial charge in [0.2, 0.25) is 47.3 Å². The number of fused-ring (bicyclic) bond motifs is 2. The zero-order valence-electron chi connectivity index (χ0n) is 41.9. The Morgan fingerprint density at radius 3 is 2.09 bits per heavy atom. The van der Waals surface area contributed by atoms with Crippen molar-refractivity contribution >= 4 is 70.1 Å². The molecule has 75 heavy (non-hydrogen) atoms. The maximum absolute atomic E-state index is 15.4. The quantitative estimate of drug-likeness (QED) is 0.0389. The lowest BCUT2D eigenvalue weighted by Crippen LogP contribution is -2.60. The Balaban J connectivity index is 1.52. The molecule has 2 aliphatic heterocycles. The number of hydrogen-bond donors (Lipinski definition) is 14. The molecule has 0 aliphatic carbocycles. The van der Waals surface area contributed by atoms with E-state index in [0.717, 1.165) is 10.9 Å². The number of aromatic amines is 1. The van der Waals surface area contributed by atoms with E-state index >= 15 is 4.39 Å². The van der Waals surface area contributed by atoms with Crippen LogP contribution in [0.4, 0.5) is 4.39 Å². The van der Waals surface area contributed by atoms with E-state index in [-0.39, 0.29) is 95.0 Å². The number of aliphatic imine (C=N–C) groups is 2. The highest BCUT2D eigenvalue weighted by atomic mass is 19.1. The second-order valence-corrected chi connectivity index (χ2v) is 18.6. The molecule has 408 valence electrons. The molecule has 3 heterocycles. The summed E-state index contributed by atoms with van der Waals surface area (Å²) in [5, 5.41) is 31.0. The highest BCUT2D eigenvalue weighted by molar-refractivity contribution is 5.98. The van der Waals surface area contributed by atoms with Gasteiger partial charge < -0.3 is 75.6 Å². The van der Waals surface area contributed by atoms with Gasteiger partial charge in [-0.05, 0) is 87.6 Å². The van der Waals surface area contributed by atoms with Crippen molar-refractivity contribution in [1.82, 2.24) is 47.1 Å². The van der Waals surface area contributed by atoms with Crippen molar-refractivity contribution < 1.29 is 47.9 Å². The number of benzene rings is 2. The third kappa shape index (κ3) is 17.9. The van der Waals surface area contributed by atoms with Crippen LogP contribution >= 0.6 is 0 Å². The minimum Gasteiger partial charge on any atom is -0.379 e. The van der Waals surface area contributed by atoms with Crippen LogP contribution in [-0.2, 0) is 51.2 Å². The van der Waals surface area contributed by atoms with Gasteiger partial charge in [-0.2, -0.15) is 0 Å². The normalized spacial score (nSPS) is 23.1. The number of halogens is 1. The number of amides is 8. The minimum absolute atomic E-state index is 0.0240. The molecule has 2 aromatic carbocycles. The summed E-state index contributed by atoms with van der Waals surface area (Å²) >= 11 is 0. The lowest BCUT2D eigenvalue weighted by molar-refractivity contribution is -0.143. The van der Waals surface area contributed by atoms with Crippen molar-refractivity contribution in [2.24, 2.45) is 38.7 Å². The number of carbonyl (C=O) groups is 8. The summed E-state index contributed by atoms with van der Waals surface area (Å²) in [5.74, 6) is -7.40. The average molecular weight is 1050 g/mol. The van der Waals surface area contributed by atoms with E-state index in [1.54, 1.807) is 12.3 Å². The SMILES string of the molecule is CC(=O)N[C@@H](CCCN=C(N)N)C(=O)N[C@H]1C[C@@H](O)NCCCC[C@@H](C(N)=O)NC(=O)[C@H](Cc2c[nH]c3ccccc23)NC(=O)[C@H](CCCN=C(N)N)NC(=O)[C@@H](Cc2ccccc2F)NC(=O)[C@@H]2CCCN2C1=O. The van der Waals surface area contributed by atoms with Gasteiger partial charge >= 0.3 is 0 Å². The van der Waals surface area contributed by atoms with Crippen LogP contribution in [0.1, 0.15) is 82.3 Å². The van der Waals surface area contributed by atoms with Crippen LogP contribution in [0.2, 0.25) is 0 Å². The molecular weight excluding hydrogens is 976 g/mol. The van der Waals surface area contributed by atoms with Crippen molar-refractivity contribution in [2.75, 3.05) is 26.2 Å². The van der Waals surface area contributed by atoms with Crippen molar-refractivity contribution in [3.05, 3.63) is 71.7 Å². The topological polar surface area (TPSA) is 415 Å². The summed E-state index contributed by atoms with van der Waals surface area (Å²) in [4.78, 5) is 124. The van der Waals surface area contributed by atoms with Crippen LogP contribution < -0.4 is 65.9 Å². The monoisotopic (exact) mass is 1050 g/mol. The third-order valence-corrected chi connectivity index (χ3v) is 12.8. The van der Waals surface area contributed by atoms with Gasteiger partial charge in [0.25, 0.3) is 0 Å². The van der Waals surface area contributed by atoms with Gasteiger partial charge in [-0.1, -0.05) is 36.4 Å². The van der Waals surface area contributed by atoms with E-state index in [1.807, 2.05) is 18.2 Å². The van der Waals surface area contributed by atoms with Crippen LogP contribution in [0.3, 0.4) is 0 Å². The number of aromatic nitrogens is 1. The van der Waals surface area contributed by atoms with E-state index in [4.69, 9.17) is 28.7 Å². The Labute approximate surface area is 432 Å². The number of guanidine groups is 2. The Hall–Kier alpha value is -7.87. The molecule has 19 N–H and O–H groups in total. The Morgan fingerprint density at radius 1 is 0.773 bits per heavy atom. The fourth-order valence-corrected chi connectivity index (χ4v) is 9.03. The van der Waals surface area contributed by atoms with Gasteiger partial charge in [0.1, 0.15) is 54.3 Å². The van der Waals surface area contributed by atoms with E-state index in [0.29, 0.717) is 18.4 Å². The maximum atomic E-state index is 15.4. The van der Waals surface area contributed by atoms with Crippen LogP contribution in [0.15, 0.2) is 64.7 Å². The largest absolute Gasteiger partial charge is 0.379 e. The van der Waals surface area contributed by atoms with Gasteiger partial charge in [0.15, 0.2) is 11.9 Å². The first-order chi connectivity index (χ1) is 35.8. The maximum Gasteiger partial charge on any atom is 0.245 e. The minimum atomic E-state index is -1.57. The molecule has 2 aliphatic rings. The summed E-state index contributed by atoms with van der Waals surface area (Å²) in [6, 6.07) is 3.42. The second kappa shape index (κ2) is 28.5. The highest BCUT2D eigenvalue weighted by Crippen LogP contribution is 2.22. The van der Waals surface area contributed by atoms with Crippen LogP contribution in [-0.4, -0.2) is 149 Å². The predicted molar refractivity (Wildman–Crippen MR) is 276 cm³/mol. The first kappa shape index (κ1) is 58.0. The van der Waals surface area contributed by atoms with E-state index in [1.165, 1.54) is 36.1 Å². The zero-order chi connectivity index (χ0) is 54.6. The number of H-pyrrole nitrogens is 1. The number of nitrogens with one attached hydrogen (secondary N) is 8. The van der Waals surface area contributed by atoms with Crippen LogP contribution in [0.25, 0.3) is 10.9 Å². The van der Waals surface area contributed by atoms with Gasteiger partial charge in [0.05, 0.1) is 0 Å². The van der Waals surface area contributed by atoms with E-state index < -0.39 is 114 Å². The Morgan fingerprint density at radius 2 is 1.40 bits per heavy atom. The van der Waals surface area contributed by atoms with Crippen molar-refractivity contribution in [3.63, 3.8) is 0 Å². The molecule has 0 spiro atoms. The Bertz CT molecular complexity index is 2550. The summed E-state index contributed by atoms with van der Waals surface area (Å²) in [6.07, 6.45) is 0.740. The van der Waals surface area contributed by atoms with Crippen molar-refractivity contribution in [2.45, 2.75) is 132 Å². The van der Waals surface area contributed by atoms with Gasteiger partial charge in [-0.15, -0.1) is 0 Å². The van der Waals surface area contributed by atoms with Crippen LogP contribution in [0.5, 0.6) is 0 Å². The molecule has 25 nitrogen and oxygen atoms in total. The standard InChI is InChI=1S/C49H71FN16O9/c1-27(67)60-34(16-8-20-57-48(52)53)42(70)65-38-25-40(68)56-19-7-6-15-33(41(51)69)61-44(72)37(24-29-26-59-32-14-5-3-12-30(29)32)63-43(71)35(17-9-21-58-49(54)55)62-45(73)36(23-28-11-2-4-13-31(28)50)64-46(74)39-18-10-22-66(39)47(38)75/h2-5,11-14,26,33-40,56,59,68H,6-10,15-25H2,1H3,(H2,51,69)(H,60,67)(H,61,72)(H,62,73)(H,63,71)(H,64,74)(H,65,70)(H4,52,53,57)(H4,54,55,58)/t33-,34-,35-,36+,37-,38-,39-,40+/m0/s1. The first-order valence-electron chi connectivity index (χ1n) is 25.0. The number of nitrogens with two attached hydrogens (primary N) is 5. The second-order valence-electron chi connectivity index (χ2n) is 18.6. The lowest BCUT2D eigenvalue weighted by Gasteiger charge is -2.32. The molecule has 0 saturated carbocycles. The van der Waals surface area contributed by atoms with Gasteiger partial charge in [-0.3, -0.25) is 53.7 Å². The average Bonchev–Trinajstić information content (AvgIpc) is 4.02. The smallest absolute Gasteiger partial charge is 0.245 e. The van der Waals surface area contributed by atoms with Crippen molar-refractivity contribution in [1.29, 1.82) is 0 Å². The number of rotatable bonds is 16. The summed E-state index contributed by atoms with van der Waals surface area (Å²) in [5.41, 5.74) is 29.2. The zero-order valence-corrected chi connectivity index (χ0v) is 41.9. The number of aliphatic hydroxyl groups excluding tert-OH is 1. The summed E-state index contributed by atoms with van der Waals surface area (Å²) < 4.78 is 15.4. The molecule has 1 aromatic heterocycles. The third-order valence-electron chi connectivity index (χ3n) is 12.8. The molecule has 2 fully saturated rings. The first-order valence-corrected chi connectivity index (χ1v) is 25.0. The molecule has 26 heteroatoms. The Kier molecular flexibility index (Phi) is 22.1. The summed E-state index contributed by atoms with van der Waals surface area (Å²) in [6.45, 7) is 1.52. The van der Waals surface area contributed by atoms with Gasteiger partial charge in [0, 0.05) is 62.9 Å². The molecule has 0 unspecified atom stereocenters. The van der Waals surface area contributed by atoms with Crippen molar-refractivity contribution in [3.8, 4) is 0 Å². The molecule has 8 amide bonds. The van der Waals surface area contributed by atoms with E-state index in [2.05, 4.69) is 52.2 Å². The highest BCUT2D eigenvalue weighted by Gasteiger charge is 2.41. The molecular formula is C49H71FN16O9. The number of para-hydroxylation sites is 1. The summed E-state index contributed by atoms with van der Waals surface area (Å²) in [7, 11) is 0. The number of hydrogen-bond acceptors (Lipinski definition) is 12. The molecule has 3 aromatic rings. The van der Waals surface area contributed by atoms with E-state index in [9.17, 15) is 43.5 Å². The molecule has 2 saturated heterocycles. The van der Waals surface area contributed by atoms with Crippen LogP contribution in [0, 0.1) is 5.82 Å². The molecule has 5 rings (SSSR count). The number of nitrogens with zero attached hydrogens (tertiary/aromatic N) is 3. The molecule has 0 radical (unpaired) electrons. The number of primary amides is 1. The lowest BCUT2D eigenvalue weighted by atomic mass is 10.0. The number of aliphatic hydroxyl groups is 1. The predicted octanol–water partition coefficient (Wildman–Crippen LogP) is -2.91. The van der Waals surface area contributed by atoms with Gasteiger partial charge in [-0.25, -0.2) is 4.39 Å². The molecule has 0 bridgehead atoms. The fourth-order valence-electron chi connectivity index (χ4n) is 9.03. The number of carbonyl (C=O) groups excluding carboxylic acids is 8. The molecule has 8 atom stereocenters. The fraction of sp³-hybridized carbons (Fsp3) is 0.510.